The summed E-state index contributed by atoms with van der Waals surface area (Å²) in [5, 5.41) is 12.6. The minimum absolute atomic E-state index is 0.255. The van der Waals surface area contributed by atoms with E-state index in [1.54, 1.807) is 60.3 Å². The first-order valence-electron chi connectivity index (χ1n) is 12.0. The predicted molar refractivity (Wildman–Crippen MR) is 150 cm³/mol. The molecule has 7 rings (SSSR count). The molecule has 0 atom stereocenters. The average Bonchev–Trinajstić information content (AvgIpc) is 3.73. The molecule has 0 aliphatic carbocycles. The molecule has 0 radical (unpaired) electrons. The van der Waals surface area contributed by atoms with Crippen LogP contribution in [0.25, 0.3) is 55.2 Å². The molecule has 0 aliphatic rings. The zero-order chi connectivity index (χ0) is 26.3. The first kappa shape index (κ1) is 22.9. The lowest BCUT2D eigenvalue weighted by molar-refractivity contribution is 0.102. The van der Waals surface area contributed by atoms with Gasteiger partial charge in [-0.2, -0.15) is 5.10 Å². The monoisotopic (exact) mass is 531 g/mol. The van der Waals surface area contributed by atoms with Crippen LogP contribution in [0, 0.1) is 5.82 Å². The van der Waals surface area contributed by atoms with Crippen molar-refractivity contribution in [2.75, 3.05) is 5.32 Å². The summed E-state index contributed by atoms with van der Waals surface area (Å²) in [5.74, 6) is -0.216. The number of carbonyl (C=O) groups excluding carboxylic acids is 1. The number of fused-ring (bicyclic) bond motifs is 2. The van der Waals surface area contributed by atoms with Crippen LogP contribution >= 0.6 is 11.3 Å². The summed E-state index contributed by atoms with van der Waals surface area (Å²) in [4.78, 5) is 30.5. The Hall–Kier alpha value is -5.22. The normalized spacial score (nSPS) is 11.3. The Balaban J connectivity index is 1.28. The number of aromatic amines is 2. The SMILES string of the molecule is O=C(Nc1cncc(-c2cc(F)c3[nH]nc(-c4nc5c(-c6cccs6)nccc5[nH]4)c3c2)c1)c1ccccc1. The van der Waals surface area contributed by atoms with E-state index in [4.69, 9.17) is 4.98 Å². The number of pyridine rings is 2. The number of halogens is 1. The first-order valence-corrected chi connectivity index (χ1v) is 12.9. The topological polar surface area (TPSA) is 112 Å². The second-order valence-corrected chi connectivity index (χ2v) is 9.80. The van der Waals surface area contributed by atoms with Gasteiger partial charge in [-0.3, -0.25) is 19.9 Å². The van der Waals surface area contributed by atoms with E-state index in [0.717, 1.165) is 16.1 Å². The molecule has 8 nitrogen and oxygen atoms in total. The first-order chi connectivity index (χ1) is 19.1. The molecular formula is C29H18FN7OS. The Bertz CT molecular complexity index is 1980. The molecule has 5 heterocycles. The van der Waals surface area contributed by atoms with Crippen LogP contribution in [0.3, 0.4) is 0 Å². The van der Waals surface area contributed by atoms with Crippen molar-refractivity contribution < 1.29 is 9.18 Å². The van der Waals surface area contributed by atoms with Gasteiger partial charge in [0.05, 0.1) is 22.3 Å². The number of benzene rings is 2. The molecule has 10 heteroatoms. The molecule has 0 spiro atoms. The molecular weight excluding hydrogens is 513 g/mol. The minimum atomic E-state index is -0.461. The Morgan fingerprint density at radius 2 is 1.85 bits per heavy atom. The summed E-state index contributed by atoms with van der Waals surface area (Å²) in [6.07, 6.45) is 4.91. The fourth-order valence-electron chi connectivity index (χ4n) is 4.53. The van der Waals surface area contributed by atoms with Gasteiger partial charge in [0.25, 0.3) is 5.91 Å². The van der Waals surface area contributed by atoms with Gasteiger partial charge in [-0.15, -0.1) is 11.3 Å². The van der Waals surface area contributed by atoms with Gasteiger partial charge < -0.3 is 10.3 Å². The molecule has 7 aromatic rings. The maximum atomic E-state index is 15.2. The third kappa shape index (κ3) is 4.12. The Morgan fingerprint density at radius 1 is 0.949 bits per heavy atom. The highest BCUT2D eigenvalue weighted by molar-refractivity contribution is 7.13. The second kappa shape index (κ2) is 9.26. The van der Waals surface area contributed by atoms with Crippen molar-refractivity contribution in [1.82, 2.24) is 30.1 Å². The minimum Gasteiger partial charge on any atom is -0.336 e. The number of nitrogens with one attached hydrogen (secondary N) is 3. The van der Waals surface area contributed by atoms with Crippen LogP contribution in [0.15, 0.2) is 90.7 Å². The van der Waals surface area contributed by atoms with E-state index < -0.39 is 5.82 Å². The summed E-state index contributed by atoms with van der Waals surface area (Å²) in [6.45, 7) is 0. The molecule has 5 aromatic heterocycles. The molecule has 0 aliphatic heterocycles. The van der Waals surface area contributed by atoms with Crippen LogP contribution in [-0.2, 0) is 0 Å². The van der Waals surface area contributed by atoms with Gasteiger partial charge in [0.2, 0.25) is 0 Å². The van der Waals surface area contributed by atoms with Gasteiger partial charge in [0.15, 0.2) is 5.82 Å². The Morgan fingerprint density at radius 3 is 2.69 bits per heavy atom. The van der Waals surface area contributed by atoms with Crippen molar-refractivity contribution in [3.8, 4) is 33.2 Å². The number of hydrogen-bond donors (Lipinski definition) is 3. The fraction of sp³-hybridized carbons (Fsp3) is 0. The van der Waals surface area contributed by atoms with Crippen LogP contribution < -0.4 is 5.32 Å². The van der Waals surface area contributed by atoms with E-state index in [9.17, 15) is 4.79 Å². The maximum Gasteiger partial charge on any atom is 0.255 e. The van der Waals surface area contributed by atoms with Crippen molar-refractivity contribution in [2.45, 2.75) is 0 Å². The van der Waals surface area contributed by atoms with E-state index in [2.05, 4.69) is 30.5 Å². The van der Waals surface area contributed by atoms with Gasteiger partial charge >= 0.3 is 0 Å². The van der Waals surface area contributed by atoms with Crippen LogP contribution in [0.5, 0.6) is 0 Å². The van der Waals surface area contributed by atoms with Crippen LogP contribution in [0.1, 0.15) is 10.4 Å². The summed E-state index contributed by atoms with van der Waals surface area (Å²) >= 11 is 1.59. The lowest BCUT2D eigenvalue weighted by Crippen LogP contribution is -2.11. The van der Waals surface area contributed by atoms with E-state index in [0.29, 0.717) is 44.8 Å². The highest BCUT2D eigenvalue weighted by Crippen LogP contribution is 2.34. The lowest BCUT2D eigenvalue weighted by atomic mass is 10.0. The highest BCUT2D eigenvalue weighted by Gasteiger charge is 2.19. The number of aromatic nitrogens is 6. The molecule has 0 saturated heterocycles. The molecule has 0 bridgehead atoms. The van der Waals surface area contributed by atoms with E-state index in [1.807, 2.05) is 35.7 Å². The van der Waals surface area contributed by atoms with Crippen molar-refractivity contribution in [3.63, 3.8) is 0 Å². The highest BCUT2D eigenvalue weighted by atomic mass is 32.1. The maximum absolute atomic E-state index is 15.2. The standard InChI is InChI=1S/C29H18FN7OS/c30-21-13-17(18-11-19(15-31-14-18)33-29(38)16-5-2-1-3-6-16)12-20-24(21)36-37-25(20)28-34-22-8-9-32-27(26(22)35-28)23-7-4-10-39-23/h1-15H,(H,33,38)(H,34,35)(H,36,37). The molecule has 39 heavy (non-hydrogen) atoms. The number of thiophene rings is 1. The van der Waals surface area contributed by atoms with Gasteiger partial charge in [-0.05, 0) is 53.4 Å². The number of carbonyl (C=O) groups is 1. The second-order valence-electron chi connectivity index (χ2n) is 8.85. The summed E-state index contributed by atoms with van der Waals surface area (Å²) in [5.41, 5.74) is 5.31. The van der Waals surface area contributed by atoms with E-state index >= 15 is 4.39 Å². The smallest absolute Gasteiger partial charge is 0.255 e. The largest absolute Gasteiger partial charge is 0.336 e. The van der Waals surface area contributed by atoms with E-state index in [-0.39, 0.29) is 11.4 Å². The quantitative estimate of drug-likeness (QED) is 0.229. The number of amides is 1. The number of hydrogen-bond acceptors (Lipinski definition) is 6. The predicted octanol–water partition coefficient (Wildman–Crippen LogP) is 6.68. The Labute approximate surface area is 224 Å². The third-order valence-corrected chi connectivity index (χ3v) is 7.25. The number of H-pyrrole nitrogens is 2. The van der Waals surface area contributed by atoms with Crippen LogP contribution in [0.4, 0.5) is 10.1 Å². The number of rotatable bonds is 5. The summed E-state index contributed by atoms with van der Waals surface area (Å²) in [7, 11) is 0. The van der Waals surface area contributed by atoms with E-state index in [1.165, 1.54) is 6.07 Å². The zero-order valence-corrected chi connectivity index (χ0v) is 21.0. The van der Waals surface area contributed by atoms with Crippen LogP contribution in [-0.4, -0.2) is 36.0 Å². The number of anilines is 1. The Kier molecular flexibility index (Phi) is 5.45. The van der Waals surface area contributed by atoms with Crippen molar-refractivity contribution in [2.24, 2.45) is 0 Å². The average molecular weight is 532 g/mol. The molecule has 2 aromatic carbocycles. The van der Waals surface area contributed by atoms with Crippen molar-refractivity contribution in [3.05, 3.63) is 102 Å². The van der Waals surface area contributed by atoms with Gasteiger partial charge in [0.1, 0.15) is 28.2 Å². The molecule has 0 saturated carbocycles. The number of imidazole rings is 1. The fourth-order valence-corrected chi connectivity index (χ4v) is 5.25. The van der Waals surface area contributed by atoms with Gasteiger partial charge in [-0.1, -0.05) is 24.3 Å². The van der Waals surface area contributed by atoms with Crippen molar-refractivity contribution in [1.29, 1.82) is 0 Å². The molecule has 3 N–H and O–H groups in total. The molecule has 0 fully saturated rings. The lowest BCUT2D eigenvalue weighted by Gasteiger charge is -2.08. The van der Waals surface area contributed by atoms with Gasteiger partial charge in [0, 0.05) is 28.9 Å². The third-order valence-electron chi connectivity index (χ3n) is 6.37. The van der Waals surface area contributed by atoms with Crippen molar-refractivity contribution >= 4 is 44.9 Å². The van der Waals surface area contributed by atoms with Crippen LogP contribution in [0.2, 0.25) is 0 Å². The molecule has 0 unspecified atom stereocenters. The molecule has 188 valence electrons. The summed E-state index contributed by atoms with van der Waals surface area (Å²) in [6, 6.07) is 19.7. The van der Waals surface area contributed by atoms with Gasteiger partial charge in [-0.25, -0.2) is 9.37 Å². The molecule has 1 amide bonds. The summed E-state index contributed by atoms with van der Waals surface area (Å²) < 4.78 is 15.2. The number of nitrogens with zero attached hydrogens (tertiary/aromatic N) is 4. The zero-order valence-electron chi connectivity index (χ0n) is 20.1.